The molecule has 0 spiro atoms. The van der Waals surface area contributed by atoms with Crippen LogP contribution in [0, 0.1) is 0 Å². The number of hydrogen-bond donors (Lipinski definition) is 0. The maximum atomic E-state index is 5.97. The zero-order chi connectivity index (χ0) is 14.1. The lowest BCUT2D eigenvalue weighted by Gasteiger charge is -2.31. The van der Waals surface area contributed by atoms with Crippen molar-refractivity contribution in [2.75, 3.05) is 6.61 Å². The van der Waals surface area contributed by atoms with Crippen LogP contribution in [0.25, 0.3) is 0 Å². The van der Waals surface area contributed by atoms with Crippen LogP contribution in [0.15, 0.2) is 70.9 Å². The average Bonchev–Trinajstić information content (AvgIpc) is 3.25. The molecule has 3 rings (SSSR count). The highest BCUT2D eigenvalue weighted by molar-refractivity contribution is 6.23. The molecule has 0 aliphatic carbocycles. The second-order valence-corrected chi connectivity index (χ2v) is 5.57. The maximum absolute atomic E-state index is 5.97. The maximum Gasteiger partial charge on any atom is 0.375 e. The van der Waals surface area contributed by atoms with E-state index >= 15 is 0 Å². The van der Waals surface area contributed by atoms with Crippen LogP contribution in [-0.4, -0.2) is 11.9 Å². The van der Waals surface area contributed by atoms with Gasteiger partial charge in [0, 0.05) is 5.41 Å². The van der Waals surface area contributed by atoms with Crippen LogP contribution in [0.3, 0.4) is 0 Å². The van der Waals surface area contributed by atoms with Crippen molar-refractivity contribution in [2.45, 2.75) is 17.6 Å². The van der Waals surface area contributed by atoms with Crippen molar-refractivity contribution in [3.05, 3.63) is 71.8 Å². The number of benzene rings is 2. The number of ether oxygens (including phenoxy) is 1. The lowest BCUT2D eigenvalue weighted by Crippen LogP contribution is -2.32. The van der Waals surface area contributed by atoms with Gasteiger partial charge in [0.1, 0.15) is 0 Å². The first-order valence-electron chi connectivity index (χ1n) is 6.50. The van der Waals surface area contributed by atoms with Gasteiger partial charge >= 0.3 is 5.31 Å². The van der Waals surface area contributed by atoms with Crippen molar-refractivity contribution in [2.24, 2.45) is 10.2 Å². The van der Waals surface area contributed by atoms with Gasteiger partial charge in [0.25, 0.3) is 0 Å². The molecule has 1 heterocycles. The fourth-order valence-electron chi connectivity index (χ4n) is 2.28. The van der Waals surface area contributed by atoms with Gasteiger partial charge in [-0.2, -0.15) is 0 Å². The van der Waals surface area contributed by atoms with Gasteiger partial charge < -0.3 is 4.74 Å². The molecule has 0 unspecified atom stereocenters. The largest absolute Gasteiger partial charge is 0.375 e. The van der Waals surface area contributed by atoms with E-state index in [0.29, 0.717) is 6.61 Å². The first-order valence-corrected chi connectivity index (χ1v) is 6.88. The average molecular weight is 287 g/mol. The summed E-state index contributed by atoms with van der Waals surface area (Å²) in [6, 6.07) is 20.5. The van der Waals surface area contributed by atoms with Gasteiger partial charge in [0.05, 0.1) is 6.61 Å². The molecule has 20 heavy (non-hydrogen) atoms. The summed E-state index contributed by atoms with van der Waals surface area (Å²) in [6.45, 7) is 2.55. The third-order valence-corrected chi connectivity index (χ3v) is 3.88. The van der Waals surface area contributed by atoms with Crippen molar-refractivity contribution < 1.29 is 4.74 Å². The highest BCUT2D eigenvalue weighted by Gasteiger charge is 2.42. The summed E-state index contributed by atoms with van der Waals surface area (Å²) in [6.07, 6.45) is 0. The SMILES string of the molecule is CC(COC1(Cl)N=N1)(c1ccccc1)c1ccccc1. The van der Waals surface area contributed by atoms with Gasteiger partial charge in [-0.1, -0.05) is 60.7 Å². The summed E-state index contributed by atoms with van der Waals surface area (Å²) in [5.41, 5.74) is 2.05. The molecule has 0 atom stereocenters. The van der Waals surface area contributed by atoms with E-state index < -0.39 is 5.31 Å². The first-order chi connectivity index (χ1) is 9.62. The predicted molar refractivity (Wildman–Crippen MR) is 78.7 cm³/mol. The highest BCUT2D eigenvalue weighted by Crippen LogP contribution is 2.39. The second kappa shape index (κ2) is 5.00. The fraction of sp³-hybridized carbons (Fsp3) is 0.250. The third kappa shape index (κ3) is 2.60. The Balaban J connectivity index is 1.94. The quantitative estimate of drug-likeness (QED) is 0.595. The molecule has 0 saturated heterocycles. The minimum Gasteiger partial charge on any atom is -0.319 e. The zero-order valence-corrected chi connectivity index (χ0v) is 11.9. The topological polar surface area (TPSA) is 34.0 Å². The monoisotopic (exact) mass is 286 g/mol. The van der Waals surface area contributed by atoms with Crippen molar-refractivity contribution in [1.82, 2.24) is 0 Å². The Bertz CT molecular complexity index is 567. The van der Waals surface area contributed by atoms with Crippen LogP contribution < -0.4 is 0 Å². The number of nitrogens with zero attached hydrogens (tertiary/aromatic N) is 2. The summed E-state index contributed by atoms with van der Waals surface area (Å²) >= 11 is 5.97. The number of hydrogen-bond acceptors (Lipinski definition) is 3. The summed E-state index contributed by atoms with van der Waals surface area (Å²) in [7, 11) is 0. The Labute approximate surface area is 123 Å². The van der Waals surface area contributed by atoms with E-state index in [-0.39, 0.29) is 5.41 Å². The van der Waals surface area contributed by atoms with Gasteiger partial charge in [0.2, 0.25) is 0 Å². The molecule has 0 saturated carbocycles. The molecule has 2 aromatic rings. The van der Waals surface area contributed by atoms with Gasteiger partial charge in [0.15, 0.2) is 0 Å². The van der Waals surface area contributed by atoms with Gasteiger partial charge in [-0.05, 0) is 29.7 Å². The van der Waals surface area contributed by atoms with E-state index in [2.05, 4.69) is 41.4 Å². The van der Waals surface area contributed by atoms with E-state index in [4.69, 9.17) is 16.3 Å². The molecule has 3 nitrogen and oxygen atoms in total. The minimum atomic E-state index is -1.16. The Morgan fingerprint density at radius 3 is 1.80 bits per heavy atom. The van der Waals surface area contributed by atoms with Crippen molar-refractivity contribution >= 4 is 11.6 Å². The molecular weight excluding hydrogens is 272 g/mol. The molecule has 0 amide bonds. The van der Waals surface area contributed by atoms with Gasteiger partial charge in [-0.15, -0.1) is 10.2 Å². The Hall–Kier alpha value is -1.71. The van der Waals surface area contributed by atoms with Crippen LogP contribution >= 0.6 is 11.6 Å². The number of alkyl halides is 1. The summed E-state index contributed by atoms with van der Waals surface area (Å²) in [5, 5.41) is 6.22. The van der Waals surface area contributed by atoms with Crippen molar-refractivity contribution in [3.8, 4) is 0 Å². The zero-order valence-electron chi connectivity index (χ0n) is 11.2. The first kappa shape index (κ1) is 13.3. The van der Waals surface area contributed by atoms with E-state index in [0.717, 1.165) is 0 Å². The minimum absolute atomic E-state index is 0.294. The Morgan fingerprint density at radius 2 is 1.40 bits per heavy atom. The van der Waals surface area contributed by atoms with E-state index in [9.17, 15) is 0 Å². The van der Waals surface area contributed by atoms with Crippen LogP contribution in [0.1, 0.15) is 18.1 Å². The lowest BCUT2D eigenvalue weighted by atomic mass is 9.77. The third-order valence-electron chi connectivity index (χ3n) is 3.62. The number of halogens is 1. The summed E-state index contributed by atoms with van der Waals surface area (Å²) in [5.74, 6) is 0. The lowest BCUT2D eigenvalue weighted by molar-refractivity contribution is 0.0518. The number of rotatable bonds is 5. The van der Waals surface area contributed by atoms with Gasteiger partial charge in [-0.25, -0.2) is 0 Å². The molecule has 4 heteroatoms. The molecule has 0 aromatic heterocycles. The van der Waals surface area contributed by atoms with Crippen LogP contribution in [0.5, 0.6) is 0 Å². The molecule has 1 aliphatic heterocycles. The van der Waals surface area contributed by atoms with E-state index in [1.54, 1.807) is 0 Å². The Kier molecular flexibility index (Phi) is 3.32. The molecule has 102 valence electrons. The van der Waals surface area contributed by atoms with Crippen molar-refractivity contribution in [3.63, 3.8) is 0 Å². The van der Waals surface area contributed by atoms with Crippen molar-refractivity contribution in [1.29, 1.82) is 0 Å². The van der Waals surface area contributed by atoms with Crippen LogP contribution in [-0.2, 0) is 10.2 Å². The van der Waals surface area contributed by atoms with E-state index in [1.807, 2.05) is 36.4 Å². The summed E-state index contributed by atoms with van der Waals surface area (Å²) < 4.78 is 5.65. The summed E-state index contributed by atoms with van der Waals surface area (Å²) in [4.78, 5) is 0. The molecule has 0 bridgehead atoms. The Morgan fingerprint density at radius 1 is 0.950 bits per heavy atom. The van der Waals surface area contributed by atoms with E-state index in [1.165, 1.54) is 11.1 Å². The van der Waals surface area contributed by atoms with Crippen LogP contribution in [0.4, 0.5) is 0 Å². The molecule has 2 aromatic carbocycles. The molecule has 0 N–H and O–H groups in total. The predicted octanol–water partition coefficient (Wildman–Crippen LogP) is 4.33. The highest BCUT2D eigenvalue weighted by atomic mass is 35.5. The molecular formula is C16H15ClN2O. The van der Waals surface area contributed by atoms with Crippen LogP contribution in [0.2, 0.25) is 0 Å². The fourth-order valence-corrected chi connectivity index (χ4v) is 2.37. The molecule has 0 radical (unpaired) electrons. The smallest absolute Gasteiger partial charge is 0.319 e. The van der Waals surface area contributed by atoms with Gasteiger partial charge in [-0.3, -0.25) is 0 Å². The normalized spacial score (nSPS) is 16.1. The molecule has 0 fully saturated rings. The second-order valence-electron chi connectivity index (χ2n) is 5.08. The molecule has 1 aliphatic rings. The standard InChI is InChI=1S/C16H15ClN2O/c1-15(12-20-16(17)18-19-16,13-8-4-2-5-9-13)14-10-6-3-7-11-14/h2-11H,12H2,1H3.